The molecule has 0 bridgehead atoms. The average molecular weight is 324 g/mol. The second-order valence-corrected chi connectivity index (χ2v) is 6.37. The summed E-state index contributed by atoms with van der Waals surface area (Å²) in [5, 5.41) is 1.01. The molecule has 0 aliphatic rings. The maximum absolute atomic E-state index is 13.1. The van der Waals surface area contributed by atoms with Gasteiger partial charge >= 0.3 is 0 Å². The Bertz CT molecular complexity index is 450. The van der Waals surface area contributed by atoms with Gasteiger partial charge in [-0.05, 0) is 52.4 Å². The second-order valence-electron chi connectivity index (χ2n) is 2.58. The van der Waals surface area contributed by atoms with Crippen LogP contribution in [0.15, 0.2) is 23.1 Å². The zero-order valence-corrected chi connectivity index (χ0v) is 10.6. The third kappa shape index (κ3) is 1.85. The molecule has 0 nitrogen and oxygen atoms in total. The minimum Gasteiger partial charge on any atom is -0.207 e. The van der Waals surface area contributed by atoms with Crippen molar-refractivity contribution >= 4 is 55.8 Å². The van der Waals surface area contributed by atoms with Gasteiger partial charge in [0.05, 0.1) is 2.88 Å². The first-order valence-corrected chi connectivity index (χ1v) is 6.75. The predicted octanol–water partition coefficient (Wildman–Crippen LogP) is 4.37. The van der Waals surface area contributed by atoms with E-state index in [1.54, 1.807) is 35.2 Å². The molecule has 2 rings (SSSR count). The number of hydrogen-bond donors (Lipinski definition) is 0. The van der Waals surface area contributed by atoms with Gasteiger partial charge < -0.3 is 0 Å². The van der Waals surface area contributed by atoms with Gasteiger partial charge in [-0.1, -0.05) is 0 Å². The van der Waals surface area contributed by atoms with Crippen molar-refractivity contribution in [1.82, 2.24) is 0 Å². The molecule has 0 saturated heterocycles. The monoisotopic (exact) mass is 324 g/mol. The van der Waals surface area contributed by atoms with Crippen LogP contribution in [0.1, 0.15) is 0 Å². The van der Waals surface area contributed by atoms with E-state index < -0.39 is 0 Å². The highest BCUT2D eigenvalue weighted by atomic mass is 127. The van der Waals surface area contributed by atoms with Crippen molar-refractivity contribution in [3.63, 3.8) is 0 Å². The Morgan fingerprint density at radius 1 is 1.38 bits per heavy atom. The maximum Gasteiger partial charge on any atom is 0.125 e. The lowest BCUT2D eigenvalue weighted by Crippen LogP contribution is -1.75. The van der Waals surface area contributed by atoms with Crippen LogP contribution in [0.3, 0.4) is 0 Å². The molecule has 68 valence electrons. The van der Waals surface area contributed by atoms with Gasteiger partial charge in [-0.2, -0.15) is 0 Å². The van der Waals surface area contributed by atoms with Crippen molar-refractivity contribution < 1.29 is 4.39 Å². The Labute approximate surface area is 97.7 Å². The summed E-state index contributed by atoms with van der Waals surface area (Å²) in [6.07, 6.45) is 1.97. The highest BCUT2D eigenvalue weighted by Gasteiger charge is 2.06. The lowest BCUT2D eigenvalue weighted by molar-refractivity contribution is 0.627. The molecule has 13 heavy (non-hydrogen) atoms. The first-order chi connectivity index (χ1) is 6.20. The zero-order chi connectivity index (χ0) is 9.42. The molecule has 0 amide bonds. The van der Waals surface area contributed by atoms with Crippen LogP contribution < -0.4 is 0 Å². The molecule has 0 N–H and O–H groups in total. The third-order valence-corrected chi connectivity index (χ3v) is 4.57. The number of halogens is 2. The maximum atomic E-state index is 13.1. The molecule has 0 unspecified atom stereocenters. The van der Waals surface area contributed by atoms with Gasteiger partial charge in [0.1, 0.15) is 5.82 Å². The summed E-state index contributed by atoms with van der Waals surface area (Å²) in [5.41, 5.74) is 0. The fourth-order valence-corrected chi connectivity index (χ4v) is 3.89. The minimum absolute atomic E-state index is 0.147. The second kappa shape index (κ2) is 3.74. The van der Waals surface area contributed by atoms with Crippen molar-refractivity contribution in [2.45, 2.75) is 4.90 Å². The van der Waals surface area contributed by atoms with E-state index in [0.29, 0.717) is 0 Å². The highest BCUT2D eigenvalue weighted by molar-refractivity contribution is 14.1. The van der Waals surface area contributed by atoms with E-state index in [4.69, 9.17) is 0 Å². The lowest BCUT2D eigenvalue weighted by atomic mass is 10.2. The quantitative estimate of drug-likeness (QED) is 0.555. The predicted molar refractivity (Wildman–Crippen MR) is 66.3 cm³/mol. The smallest absolute Gasteiger partial charge is 0.125 e. The number of fused-ring (bicyclic) bond motifs is 1. The Kier molecular flexibility index (Phi) is 2.80. The van der Waals surface area contributed by atoms with Gasteiger partial charge in [0.25, 0.3) is 0 Å². The van der Waals surface area contributed by atoms with Crippen molar-refractivity contribution in [3.8, 4) is 0 Å². The van der Waals surface area contributed by atoms with Crippen LogP contribution in [0, 0.1) is 8.70 Å². The molecule has 0 aliphatic carbocycles. The standard InChI is InChI=1S/C9H6FIS2/c1-12-7-4-6(10)2-5-3-8(11)13-9(5)7/h2-4H,1H3. The third-order valence-electron chi connectivity index (χ3n) is 1.74. The first kappa shape index (κ1) is 9.73. The molecule has 4 heteroatoms. The highest BCUT2D eigenvalue weighted by Crippen LogP contribution is 2.34. The summed E-state index contributed by atoms with van der Waals surface area (Å²) in [6.45, 7) is 0. The summed E-state index contributed by atoms with van der Waals surface area (Å²) >= 11 is 5.57. The van der Waals surface area contributed by atoms with E-state index in [0.717, 1.165) is 10.3 Å². The SMILES string of the molecule is CSc1cc(F)cc2cc(I)sc12. The minimum atomic E-state index is -0.147. The molecule has 1 aromatic heterocycles. The molecular formula is C9H6FIS2. The molecule has 2 aromatic rings. The summed E-state index contributed by atoms with van der Waals surface area (Å²) in [6, 6.07) is 5.21. The van der Waals surface area contributed by atoms with Crippen LogP contribution in [0.2, 0.25) is 0 Å². The molecule has 1 aromatic carbocycles. The lowest BCUT2D eigenvalue weighted by Gasteiger charge is -1.98. The van der Waals surface area contributed by atoms with E-state index in [9.17, 15) is 4.39 Å². The Balaban J connectivity index is 2.80. The van der Waals surface area contributed by atoms with Crippen LogP contribution >= 0.6 is 45.7 Å². The topological polar surface area (TPSA) is 0 Å². The summed E-state index contributed by atoms with van der Waals surface area (Å²) in [4.78, 5) is 1.03. The van der Waals surface area contributed by atoms with Crippen LogP contribution in [0.5, 0.6) is 0 Å². The molecule has 0 fully saturated rings. The number of benzene rings is 1. The molecule has 1 heterocycles. The molecule has 0 radical (unpaired) electrons. The summed E-state index contributed by atoms with van der Waals surface area (Å²) in [7, 11) is 0. The number of rotatable bonds is 1. The van der Waals surface area contributed by atoms with Gasteiger partial charge in [-0.3, -0.25) is 0 Å². The Morgan fingerprint density at radius 2 is 2.15 bits per heavy atom. The van der Waals surface area contributed by atoms with Crippen molar-refractivity contribution in [2.75, 3.05) is 6.26 Å². The van der Waals surface area contributed by atoms with Crippen LogP contribution in [-0.4, -0.2) is 6.26 Å². The van der Waals surface area contributed by atoms with Crippen LogP contribution in [0.4, 0.5) is 4.39 Å². The van der Waals surface area contributed by atoms with E-state index in [1.807, 2.05) is 12.3 Å². The Hall–Kier alpha value is 0.190. The largest absolute Gasteiger partial charge is 0.207 e. The number of thioether (sulfide) groups is 1. The van der Waals surface area contributed by atoms with Crippen molar-refractivity contribution in [1.29, 1.82) is 0 Å². The fraction of sp³-hybridized carbons (Fsp3) is 0.111. The van der Waals surface area contributed by atoms with Gasteiger partial charge in [0.2, 0.25) is 0 Å². The number of thiophene rings is 1. The normalized spacial score (nSPS) is 11.0. The van der Waals surface area contributed by atoms with Crippen LogP contribution in [0.25, 0.3) is 10.1 Å². The molecule has 0 saturated carbocycles. The van der Waals surface area contributed by atoms with Crippen molar-refractivity contribution in [3.05, 3.63) is 26.9 Å². The van der Waals surface area contributed by atoms with Crippen molar-refractivity contribution in [2.24, 2.45) is 0 Å². The fourth-order valence-electron chi connectivity index (χ4n) is 1.21. The molecule has 0 atom stereocenters. The first-order valence-electron chi connectivity index (χ1n) is 3.63. The summed E-state index contributed by atoms with van der Waals surface area (Å²) in [5.74, 6) is -0.147. The van der Waals surface area contributed by atoms with Gasteiger partial charge in [-0.25, -0.2) is 4.39 Å². The van der Waals surface area contributed by atoms with Crippen LogP contribution in [-0.2, 0) is 0 Å². The Morgan fingerprint density at radius 3 is 2.85 bits per heavy atom. The van der Waals surface area contributed by atoms with Gasteiger partial charge in [0, 0.05) is 9.60 Å². The van der Waals surface area contributed by atoms with E-state index >= 15 is 0 Å². The molecule has 0 aliphatic heterocycles. The summed E-state index contributed by atoms with van der Waals surface area (Å²) < 4.78 is 15.5. The molecular weight excluding hydrogens is 318 g/mol. The average Bonchev–Trinajstić information content (AvgIpc) is 2.43. The van der Waals surface area contributed by atoms with Gasteiger partial charge in [-0.15, -0.1) is 23.1 Å². The van der Waals surface area contributed by atoms with E-state index in [-0.39, 0.29) is 5.82 Å². The number of hydrogen-bond acceptors (Lipinski definition) is 2. The van der Waals surface area contributed by atoms with E-state index in [1.165, 1.54) is 7.58 Å². The molecule has 0 spiro atoms. The van der Waals surface area contributed by atoms with Gasteiger partial charge in [0.15, 0.2) is 0 Å². The zero-order valence-electron chi connectivity index (χ0n) is 6.80. The van der Waals surface area contributed by atoms with E-state index in [2.05, 4.69) is 22.6 Å².